The number of hydrogen-bond donors (Lipinski definition) is 1. The molecule has 2 aliphatic rings. The third-order valence-corrected chi connectivity index (χ3v) is 5.16. The smallest absolute Gasteiger partial charge is 0.00822 e. The van der Waals surface area contributed by atoms with E-state index in [4.69, 9.17) is 0 Å². The van der Waals surface area contributed by atoms with Crippen molar-refractivity contribution >= 4 is 11.3 Å². The molecular weight excluding hydrogens is 214 g/mol. The summed E-state index contributed by atoms with van der Waals surface area (Å²) >= 11 is 2.01. The fraction of sp³-hybridized carbons (Fsp3) is 0.714. The highest BCUT2D eigenvalue weighted by Gasteiger charge is 2.31. The van der Waals surface area contributed by atoms with Crippen LogP contribution in [0.2, 0.25) is 0 Å². The monoisotopic (exact) mass is 235 g/mol. The first-order valence-electron chi connectivity index (χ1n) is 6.62. The van der Waals surface area contributed by atoms with Crippen LogP contribution < -0.4 is 5.32 Å². The van der Waals surface area contributed by atoms with Gasteiger partial charge >= 0.3 is 0 Å². The largest absolute Gasteiger partial charge is 0.314 e. The van der Waals surface area contributed by atoms with E-state index >= 15 is 0 Å². The lowest BCUT2D eigenvalue weighted by molar-refractivity contribution is 0.446. The molecule has 0 saturated heterocycles. The van der Waals surface area contributed by atoms with Crippen molar-refractivity contribution in [3.63, 3.8) is 0 Å². The minimum atomic E-state index is 0.852. The fourth-order valence-corrected chi connectivity index (χ4v) is 4.02. The van der Waals surface area contributed by atoms with Crippen molar-refractivity contribution in [2.45, 2.75) is 51.0 Å². The van der Waals surface area contributed by atoms with Crippen molar-refractivity contribution in [3.8, 4) is 0 Å². The van der Waals surface area contributed by atoms with Crippen molar-refractivity contribution in [2.24, 2.45) is 5.92 Å². The van der Waals surface area contributed by atoms with Gasteiger partial charge in [0.2, 0.25) is 0 Å². The standard InChI is InChI=1S/C14H21NS/c1-10-5-8-14(16-10)13-4-2-3-11(13)9-15-12-6-7-12/h5,8,11-13,15H,2-4,6-7,9H2,1H3. The molecule has 1 aromatic rings. The molecule has 0 spiro atoms. The SMILES string of the molecule is Cc1ccc(C2CCCC2CNC2CC2)s1. The van der Waals surface area contributed by atoms with E-state index < -0.39 is 0 Å². The number of thiophene rings is 1. The Bertz CT molecular complexity index is 353. The van der Waals surface area contributed by atoms with E-state index in [-0.39, 0.29) is 0 Å². The third kappa shape index (κ3) is 2.33. The Morgan fingerprint density at radius 1 is 1.25 bits per heavy atom. The molecule has 2 heteroatoms. The Morgan fingerprint density at radius 2 is 2.12 bits per heavy atom. The van der Waals surface area contributed by atoms with Crippen LogP contribution in [0.4, 0.5) is 0 Å². The van der Waals surface area contributed by atoms with Crippen LogP contribution >= 0.6 is 11.3 Å². The van der Waals surface area contributed by atoms with Crippen molar-refractivity contribution in [2.75, 3.05) is 6.54 Å². The zero-order valence-electron chi connectivity index (χ0n) is 10.0. The summed E-state index contributed by atoms with van der Waals surface area (Å²) in [6, 6.07) is 5.51. The van der Waals surface area contributed by atoms with E-state index in [9.17, 15) is 0 Å². The Kier molecular flexibility index (Phi) is 3.03. The molecule has 2 atom stereocenters. The maximum atomic E-state index is 3.71. The molecule has 2 fully saturated rings. The average Bonchev–Trinajstić information content (AvgIpc) is 2.82. The molecule has 16 heavy (non-hydrogen) atoms. The Hall–Kier alpha value is -0.340. The van der Waals surface area contributed by atoms with Gasteiger partial charge in [-0.05, 0) is 63.1 Å². The van der Waals surface area contributed by atoms with Crippen LogP contribution in [0, 0.1) is 12.8 Å². The molecular formula is C14H21NS. The molecule has 0 aromatic carbocycles. The van der Waals surface area contributed by atoms with Crippen molar-refractivity contribution in [3.05, 3.63) is 21.9 Å². The lowest BCUT2D eigenvalue weighted by Crippen LogP contribution is -2.25. The Labute approximate surface area is 102 Å². The molecule has 0 radical (unpaired) electrons. The first-order valence-corrected chi connectivity index (χ1v) is 7.44. The van der Waals surface area contributed by atoms with E-state index in [0.29, 0.717) is 0 Å². The second-order valence-corrected chi connectivity index (χ2v) is 6.75. The number of nitrogens with one attached hydrogen (secondary N) is 1. The minimum absolute atomic E-state index is 0.852. The molecule has 1 aromatic heterocycles. The summed E-state index contributed by atoms with van der Waals surface area (Å²) in [5, 5.41) is 3.71. The summed E-state index contributed by atoms with van der Waals surface area (Å²) in [5.74, 6) is 1.75. The second-order valence-electron chi connectivity index (χ2n) is 5.43. The number of rotatable bonds is 4. The summed E-state index contributed by atoms with van der Waals surface area (Å²) in [5.41, 5.74) is 0. The Morgan fingerprint density at radius 3 is 2.81 bits per heavy atom. The molecule has 2 aliphatic carbocycles. The van der Waals surface area contributed by atoms with Crippen LogP contribution in [0.25, 0.3) is 0 Å². The summed E-state index contributed by atoms with van der Waals surface area (Å²) in [4.78, 5) is 3.10. The van der Waals surface area contributed by atoms with Gasteiger partial charge in [-0.2, -0.15) is 0 Å². The lowest BCUT2D eigenvalue weighted by Gasteiger charge is -2.18. The molecule has 1 N–H and O–H groups in total. The molecule has 3 rings (SSSR count). The maximum absolute atomic E-state index is 3.71. The second kappa shape index (κ2) is 4.50. The molecule has 2 unspecified atom stereocenters. The van der Waals surface area contributed by atoms with Crippen LogP contribution in [-0.4, -0.2) is 12.6 Å². The van der Waals surface area contributed by atoms with E-state index in [1.165, 1.54) is 43.5 Å². The fourth-order valence-electron chi connectivity index (χ4n) is 2.91. The topological polar surface area (TPSA) is 12.0 Å². The predicted molar refractivity (Wildman–Crippen MR) is 70.2 cm³/mol. The summed E-state index contributed by atoms with van der Waals surface area (Å²) < 4.78 is 0. The van der Waals surface area contributed by atoms with Crippen LogP contribution in [0.3, 0.4) is 0 Å². The first-order chi connectivity index (χ1) is 7.83. The van der Waals surface area contributed by atoms with Gasteiger partial charge in [-0.3, -0.25) is 0 Å². The van der Waals surface area contributed by atoms with Gasteiger partial charge in [0.25, 0.3) is 0 Å². The Balaban J connectivity index is 1.63. The zero-order chi connectivity index (χ0) is 11.0. The molecule has 2 saturated carbocycles. The van der Waals surface area contributed by atoms with Gasteiger partial charge in [0.1, 0.15) is 0 Å². The van der Waals surface area contributed by atoms with Crippen LogP contribution in [-0.2, 0) is 0 Å². The number of hydrogen-bond acceptors (Lipinski definition) is 2. The van der Waals surface area contributed by atoms with Gasteiger partial charge in [-0.25, -0.2) is 0 Å². The minimum Gasteiger partial charge on any atom is -0.314 e. The summed E-state index contributed by atoms with van der Waals surface area (Å²) in [7, 11) is 0. The highest BCUT2D eigenvalue weighted by atomic mass is 32.1. The first kappa shape index (κ1) is 10.8. The molecule has 0 bridgehead atoms. The molecule has 1 heterocycles. The van der Waals surface area contributed by atoms with E-state index in [1.807, 2.05) is 11.3 Å². The van der Waals surface area contributed by atoms with Crippen LogP contribution in [0.15, 0.2) is 12.1 Å². The molecule has 1 nitrogen and oxygen atoms in total. The predicted octanol–water partition coefficient (Wildman–Crippen LogP) is 3.69. The van der Waals surface area contributed by atoms with Gasteiger partial charge in [0, 0.05) is 15.8 Å². The van der Waals surface area contributed by atoms with Gasteiger partial charge in [-0.15, -0.1) is 11.3 Å². The third-order valence-electron chi connectivity index (χ3n) is 4.03. The lowest BCUT2D eigenvalue weighted by atomic mass is 9.94. The van der Waals surface area contributed by atoms with Crippen LogP contribution in [0.5, 0.6) is 0 Å². The van der Waals surface area contributed by atoms with Crippen molar-refractivity contribution in [1.29, 1.82) is 0 Å². The molecule has 0 aliphatic heterocycles. The van der Waals surface area contributed by atoms with Crippen molar-refractivity contribution in [1.82, 2.24) is 5.32 Å². The maximum Gasteiger partial charge on any atom is 0.00822 e. The number of aryl methyl sites for hydroxylation is 1. The molecule has 88 valence electrons. The van der Waals surface area contributed by atoms with Gasteiger partial charge < -0.3 is 5.32 Å². The van der Waals surface area contributed by atoms with Crippen LogP contribution in [0.1, 0.15) is 47.8 Å². The highest BCUT2D eigenvalue weighted by molar-refractivity contribution is 7.12. The van der Waals surface area contributed by atoms with Crippen molar-refractivity contribution < 1.29 is 0 Å². The van der Waals surface area contributed by atoms with Gasteiger partial charge in [0.15, 0.2) is 0 Å². The normalized spacial score (nSPS) is 29.8. The van der Waals surface area contributed by atoms with Gasteiger partial charge in [0.05, 0.1) is 0 Å². The highest BCUT2D eigenvalue weighted by Crippen LogP contribution is 2.42. The summed E-state index contributed by atoms with van der Waals surface area (Å²) in [6.07, 6.45) is 7.10. The quantitative estimate of drug-likeness (QED) is 0.839. The molecule has 0 amide bonds. The summed E-state index contributed by atoms with van der Waals surface area (Å²) in [6.45, 7) is 3.48. The zero-order valence-corrected chi connectivity index (χ0v) is 10.9. The van der Waals surface area contributed by atoms with E-state index in [1.54, 1.807) is 4.88 Å². The van der Waals surface area contributed by atoms with E-state index in [0.717, 1.165) is 17.9 Å². The van der Waals surface area contributed by atoms with E-state index in [2.05, 4.69) is 24.4 Å². The average molecular weight is 235 g/mol. The van der Waals surface area contributed by atoms with Gasteiger partial charge in [-0.1, -0.05) is 6.42 Å².